The van der Waals surface area contributed by atoms with Crippen LogP contribution in [0.4, 0.5) is 0 Å². The van der Waals surface area contributed by atoms with E-state index >= 15 is 0 Å². The van der Waals surface area contributed by atoms with Crippen molar-refractivity contribution in [2.45, 2.75) is 43.1 Å². The summed E-state index contributed by atoms with van der Waals surface area (Å²) in [5.41, 5.74) is 0.506. The Hall–Kier alpha value is -4.27. The Morgan fingerprint density at radius 3 is 1.96 bits per heavy atom. The number of rotatable bonds is 13. The number of aliphatic hydroxyl groups is 2. The van der Waals surface area contributed by atoms with Crippen LogP contribution in [-0.4, -0.2) is 73.6 Å². The summed E-state index contributed by atoms with van der Waals surface area (Å²) >= 11 is 0. The molecule has 5 rings (SSSR count). The summed E-state index contributed by atoms with van der Waals surface area (Å²) in [7, 11) is -0.382. The Balaban J connectivity index is 1.57. The first-order chi connectivity index (χ1) is 22.5. The predicted molar refractivity (Wildman–Crippen MR) is 173 cm³/mol. The highest BCUT2D eigenvalue weighted by atomic mass is 32.2. The van der Waals surface area contributed by atoms with E-state index in [1.54, 1.807) is 69.7 Å². The maximum atomic E-state index is 12.6. The van der Waals surface area contributed by atoms with E-state index in [0.29, 0.717) is 39.3 Å². The molecule has 47 heavy (non-hydrogen) atoms. The van der Waals surface area contributed by atoms with Gasteiger partial charge in [0.2, 0.25) is 0 Å². The van der Waals surface area contributed by atoms with Gasteiger partial charge in [-0.1, -0.05) is 48.5 Å². The van der Waals surface area contributed by atoms with Crippen molar-refractivity contribution in [1.29, 1.82) is 0 Å². The van der Waals surface area contributed by atoms with E-state index in [4.69, 9.17) is 18.9 Å². The molecule has 3 atom stereocenters. The number of H-pyrrole nitrogens is 1. The number of hydrogen-bond donors (Lipinski definition) is 3. The number of methoxy groups -OCH3 is 2. The number of aromatic nitrogens is 2. The van der Waals surface area contributed by atoms with Gasteiger partial charge in [0.05, 0.1) is 45.0 Å². The number of nitrogens with one attached hydrogen (secondary N) is 1. The van der Waals surface area contributed by atoms with Crippen LogP contribution in [-0.2, 0) is 30.7 Å². The molecule has 0 saturated carbocycles. The summed E-state index contributed by atoms with van der Waals surface area (Å²) in [4.78, 5) is 26.7. The molecule has 1 fully saturated rings. The predicted octanol–water partition coefficient (Wildman–Crippen LogP) is 2.43. The molecule has 0 radical (unpaired) electrons. The third-order valence-corrected chi connectivity index (χ3v) is 9.84. The fraction of sp³-hybridized carbons (Fsp3) is 0.353. The number of aryl methyl sites for hydroxylation is 1. The molecule has 250 valence electrons. The van der Waals surface area contributed by atoms with Crippen molar-refractivity contribution < 1.29 is 37.6 Å². The third-order valence-electron chi connectivity index (χ3n) is 8.27. The molecule has 1 aliphatic rings. The van der Waals surface area contributed by atoms with Crippen molar-refractivity contribution in [3.8, 4) is 11.5 Å². The minimum atomic E-state index is -3.51. The lowest BCUT2D eigenvalue weighted by atomic mass is 9.79. The van der Waals surface area contributed by atoms with Gasteiger partial charge in [-0.3, -0.25) is 14.3 Å². The molecule has 0 unspecified atom stereocenters. The molecule has 1 aromatic heterocycles. The van der Waals surface area contributed by atoms with Gasteiger partial charge < -0.3 is 29.2 Å². The van der Waals surface area contributed by atoms with E-state index in [1.807, 2.05) is 24.3 Å². The number of hydrogen-bond acceptors (Lipinski definition) is 10. The zero-order chi connectivity index (χ0) is 33.8. The van der Waals surface area contributed by atoms with Gasteiger partial charge in [0.25, 0.3) is 5.56 Å². The van der Waals surface area contributed by atoms with Gasteiger partial charge in [0.1, 0.15) is 29.4 Å². The Morgan fingerprint density at radius 1 is 0.915 bits per heavy atom. The summed E-state index contributed by atoms with van der Waals surface area (Å²) in [6.45, 7) is 1.00. The summed E-state index contributed by atoms with van der Waals surface area (Å²) in [5.74, 6) is 0.677. The van der Waals surface area contributed by atoms with Gasteiger partial charge in [-0.15, -0.1) is 0 Å². The summed E-state index contributed by atoms with van der Waals surface area (Å²) in [6.07, 6.45) is -1.18. The third kappa shape index (κ3) is 7.34. The molecule has 12 nitrogen and oxygen atoms in total. The van der Waals surface area contributed by atoms with Crippen LogP contribution in [0.25, 0.3) is 0 Å². The molecular formula is C34H38N2O10S. The number of nitrogens with zero attached hydrogens (tertiary/aromatic N) is 1. The van der Waals surface area contributed by atoms with Crippen LogP contribution in [0.5, 0.6) is 11.5 Å². The second-order valence-corrected chi connectivity index (χ2v) is 13.6. The number of ether oxygens (including phenoxy) is 4. The minimum Gasteiger partial charge on any atom is -0.497 e. The lowest BCUT2D eigenvalue weighted by Crippen LogP contribution is -2.38. The van der Waals surface area contributed by atoms with E-state index in [0.717, 1.165) is 0 Å². The van der Waals surface area contributed by atoms with Gasteiger partial charge in [-0.25, -0.2) is 13.2 Å². The first-order valence-corrected chi connectivity index (χ1v) is 16.8. The first-order valence-electron chi connectivity index (χ1n) is 15.0. The summed E-state index contributed by atoms with van der Waals surface area (Å²) in [6, 6.07) is 21.6. The zero-order valence-electron chi connectivity index (χ0n) is 26.3. The highest BCUT2D eigenvalue weighted by Crippen LogP contribution is 2.43. The molecule has 4 aromatic rings. The average molecular weight is 667 g/mol. The van der Waals surface area contributed by atoms with Crippen molar-refractivity contribution in [3.05, 3.63) is 128 Å². The molecule has 0 spiro atoms. The van der Waals surface area contributed by atoms with Crippen LogP contribution in [0, 0.1) is 6.92 Å². The van der Waals surface area contributed by atoms with Crippen molar-refractivity contribution >= 4 is 9.84 Å². The van der Waals surface area contributed by atoms with Gasteiger partial charge in [-0.05, 0) is 53.4 Å². The van der Waals surface area contributed by atoms with E-state index in [2.05, 4.69) is 4.98 Å². The van der Waals surface area contributed by atoms with Crippen molar-refractivity contribution in [2.24, 2.45) is 0 Å². The maximum Gasteiger partial charge on any atom is 0.330 e. The smallest absolute Gasteiger partial charge is 0.330 e. The summed E-state index contributed by atoms with van der Waals surface area (Å²) < 4.78 is 49.9. The van der Waals surface area contributed by atoms with E-state index < -0.39 is 51.7 Å². The molecule has 0 amide bonds. The monoisotopic (exact) mass is 666 g/mol. The first kappa shape index (κ1) is 34.1. The molecule has 1 aliphatic heterocycles. The Labute approximate surface area is 272 Å². The topological polar surface area (TPSA) is 166 Å². The molecule has 1 saturated heterocycles. The van der Waals surface area contributed by atoms with Crippen LogP contribution >= 0.6 is 0 Å². The van der Waals surface area contributed by atoms with Crippen LogP contribution in [0.3, 0.4) is 0 Å². The number of benzene rings is 3. The second kappa shape index (κ2) is 14.2. The second-order valence-electron chi connectivity index (χ2n) is 11.4. The number of aliphatic hydroxyl groups excluding tert-OH is 2. The fourth-order valence-corrected chi connectivity index (χ4v) is 6.87. The summed E-state index contributed by atoms with van der Waals surface area (Å²) in [5, 5.41) is 20.2. The van der Waals surface area contributed by atoms with Crippen molar-refractivity contribution in [1.82, 2.24) is 9.55 Å². The van der Waals surface area contributed by atoms with E-state index in [9.17, 15) is 28.2 Å². The average Bonchev–Trinajstić information content (AvgIpc) is 3.43. The van der Waals surface area contributed by atoms with Crippen LogP contribution in [0.15, 0.2) is 88.6 Å². The minimum absolute atomic E-state index is 0.0918. The molecule has 3 N–H and O–H groups in total. The van der Waals surface area contributed by atoms with E-state index in [1.165, 1.54) is 10.8 Å². The van der Waals surface area contributed by atoms with Gasteiger partial charge in [0.15, 0.2) is 9.84 Å². The lowest BCUT2D eigenvalue weighted by molar-refractivity contribution is -0.0944. The van der Waals surface area contributed by atoms with Gasteiger partial charge in [-0.2, -0.15) is 0 Å². The van der Waals surface area contributed by atoms with Crippen LogP contribution in [0.2, 0.25) is 0 Å². The molecule has 0 bridgehead atoms. The standard InChI is InChI=1S/C34H38N2O10S/c1-22-19-36(33(40)35-32(22)39)31-18-29(38)30(46-31)20-45-34(25-8-12-27(43-2)13-9-25,26-10-14-28(44-3)15-11-26)24-6-4-23(5-7-24)21-47(41,42)17-16-37/h4-15,19,29-31,37-38H,16-18,20-21H2,1-3H3,(H,35,39,40)/t29-,30+,31+/m0/s1. The Bertz CT molecular complexity index is 1840. The highest BCUT2D eigenvalue weighted by Gasteiger charge is 2.42. The Morgan fingerprint density at radius 2 is 1.45 bits per heavy atom. The molecule has 13 heteroatoms. The maximum absolute atomic E-state index is 12.6. The molecule has 2 heterocycles. The highest BCUT2D eigenvalue weighted by molar-refractivity contribution is 7.90. The van der Waals surface area contributed by atoms with Crippen LogP contribution in [0.1, 0.15) is 40.5 Å². The van der Waals surface area contributed by atoms with Crippen molar-refractivity contribution in [2.75, 3.05) is 33.2 Å². The normalized spacial score (nSPS) is 18.3. The van der Waals surface area contributed by atoms with Gasteiger partial charge in [0, 0.05) is 18.2 Å². The van der Waals surface area contributed by atoms with Crippen LogP contribution < -0.4 is 20.7 Å². The van der Waals surface area contributed by atoms with E-state index in [-0.39, 0.29) is 24.5 Å². The number of aromatic amines is 1. The SMILES string of the molecule is COc1ccc(C(OC[C@H]2O[C@@H](n3cc(C)c(=O)[nH]c3=O)C[C@@H]2O)(c2ccc(CS(=O)(=O)CCO)cc2)c2ccc(OC)cc2)cc1. The molecule has 0 aliphatic carbocycles. The fourth-order valence-electron chi connectivity index (χ4n) is 5.75. The molecular weight excluding hydrogens is 628 g/mol. The lowest BCUT2D eigenvalue weighted by Gasteiger charge is -2.37. The Kier molecular flexibility index (Phi) is 10.3. The zero-order valence-corrected chi connectivity index (χ0v) is 27.1. The molecule has 3 aromatic carbocycles. The van der Waals surface area contributed by atoms with Crippen molar-refractivity contribution in [3.63, 3.8) is 0 Å². The number of sulfone groups is 1. The quantitative estimate of drug-likeness (QED) is 0.181. The van der Waals surface area contributed by atoms with Gasteiger partial charge >= 0.3 is 5.69 Å². The largest absolute Gasteiger partial charge is 0.497 e.